The quantitative estimate of drug-likeness (QED) is 0.740. The third kappa shape index (κ3) is 3.32. The summed E-state index contributed by atoms with van der Waals surface area (Å²) in [5.41, 5.74) is 3.45. The fourth-order valence-corrected chi connectivity index (χ4v) is 4.32. The molecule has 0 atom stereocenters. The molecule has 0 saturated carbocycles. The van der Waals surface area contributed by atoms with Crippen molar-refractivity contribution in [1.82, 2.24) is 19.1 Å². The minimum absolute atomic E-state index is 0.154. The Balaban J connectivity index is 1.55. The Morgan fingerprint density at radius 3 is 3.16 bits per heavy atom. The molecule has 3 heterocycles. The van der Waals surface area contributed by atoms with E-state index in [0.29, 0.717) is 4.88 Å². The topological polar surface area (TPSA) is 72.7 Å². The summed E-state index contributed by atoms with van der Waals surface area (Å²) >= 11 is 2.91. The fourth-order valence-electron chi connectivity index (χ4n) is 2.77. The van der Waals surface area contributed by atoms with Crippen LogP contribution in [0.1, 0.15) is 28.7 Å². The van der Waals surface area contributed by atoms with Gasteiger partial charge in [-0.15, -0.1) is 5.10 Å². The number of thioether (sulfide) groups is 1. The zero-order valence-corrected chi connectivity index (χ0v) is 15.4. The van der Waals surface area contributed by atoms with Crippen molar-refractivity contribution in [2.45, 2.75) is 31.5 Å². The van der Waals surface area contributed by atoms with Gasteiger partial charge in [-0.05, 0) is 30.1 Å². The Bertz CT molecular complexity index is 896. The highest BCUT2D eigenvalue weighted by molar-refractivity contribution is 7.99. The van der Waals surface area contributed by atoms with Gasteiger partial charge in [-0.3, -0.25) is 4.79 Å². The number of carbonyl (C=O) groups is 1. The average molecular weight is 371 g/mol. The van der Waals surface area contributed by atoms with E-state index in [1.54, 1.807) is 11.8 Å². The van der Waals surface area contributed by atoms with Crippen LogP contribution in [-0.2, 0) is 13.0 Å². The number of hydrogen-bond acceptors (Lipinski definition) is 6. The lowest BCUT2D eigenvalue weighted by atomic mass is 10.1. The monoisotopic (exact) mass is 371 g/mol. The van der Waals surface area contributed by atoms with Crippen LogP contribution in [0.3, 0.4) is 0 Å². The van der Waals surface area contributed by atoms with Gasteiger partial charge < -0.3 is 9.88 Å². The first-order valence-electron chi connectivity index (χ1n) is 8.17. The van der Waals surface area contributed by atoms with Gasteiger partial charge in [0.25, 0.3) is 5.91 Å². The first-order chi connectivity index (χ1) is 12.2. The summed E-state index contributed by atoms with van der Waals surface area (Å²) in [5, 5.41) is 8.07. The fraction of sp³-hybridized carbons (Fsp3) is 0.294. The van der Waals surface area contributed by atoms with Crippen molar-refractivity contribution in [3.63, 3.8) is 0 Å². The van der Waals surface area contributed by atoms with Crippen molar-refractivity contribution in [3.05, 3.63) is 41.0 Å². The standard InChI is InChI=1S/C17H17N5OS2/c1-2-4-13-15(25-21-20-13)16(23)18-12-6-3-5-11(9-12)14-10-22-7-8-24-17(22)19-14/h3,5-6,9-10H,2,4,7-8H2,1H3,(H,18,23). The van der Waals surface area contributed by atoms with Crippen LogP contribution in [0.4, 0.5) is 5.69 Å². The summed E-state index contributed by atoms with van der Waals surface area (Å²) < 4.78 is 6.08. The number of rotatable bonds is 5. The third-order valence-electron chi connectivity index (χ3n) is 3.97. The van der Waals surface area contributed by atoms with E-state index in [-0.39, 0.29) is 5.91 Å². The molecule has 2 aromatic heterocycles. The van der Waals surface area contributed by atoms with E-state index in [1.807, 2.05) is 24.3 Å². The van der Waals surface area contributed by atoms with Gasteiger partial charge in [-0.25, -0.2) is 4.98 Å². The van der Waals surface area contributed by atoms with Crippen LogP contribution in [0.2, 0.25) is 0 Å². The third-order valence-corrected chi connectivity index (χ3v) is 5.71. The van der Waals surface area contributed by atoms with Crippen molar-refractivity contribution >= 4 is 34.9 Å². The predicted octanol–water partition coefficient (Wildman–Crippen LogP) is 3.71. The van der Waals surface area contributed by atoms with Crippen LogP contribution in [0.5, 0.6) is 0 Å². The highest BCUT2D eigenvalue weighted by atomic mass is 32.2. The summed E-state index contributed by atoms with van der Waals surface area (Å²) in [6.45, 7) is 3.06. The van der Waals surface area contributed by atoms with Gasteiger partial charge in [0, 0.05) is 29.7 Å². The second-order valence-electron chi connectivity index (χ2n) is 5.78. The van der Waals surface area contributed by atoms with Crippen LogP contribution in [0.25, 0.3) is 11.3 Å². The second-order valence-corrected chi connectivity index (χ2v) is 7.60. The SMILES string of the molecule is CCCc1nnsc1C(=O)Nc1cccc(-c2cn3c(n2)SCC3)c1. The molecule has 4 rings (SSSR count). The summed E-state index contributed by atoms with van der Waals surface area (Å²) in [4.78, 5) is 17.8. The van der Waals surface area contributed by atoms with Crippen molar-refractivity contribution in [1.29, 1.82) is 0 Å². The van der Waals surface area contributed by atoms with Crippen molar-refractivity contribution < 1.29 is 4.79 Å². The van der Waals surface area contributed by atoms with E-state index in [9.17, 15) is 4.79 Å². The van der Waals surface area contributed by atoms with Crippen LogP contribution in [0.15, 0.2) is 35.6 Å². The highest BCUT2D eigenvalue weighted by Gasteiger charge is 2.17. The predicted molar refractivity (Wildman–Crippen MR) is 100 cm³/mol. The molecule has 0 fully saturated rings. The normalized spacial score (nSPS) is 13.0. The van der Waals surface area contributed by atoms with E-state index in [1.165, 1.54) is 0 Å². The van der Waals surface area contributed by atoms with Crippen LogP contribution >= 0.6 is 23.3 Å². The van der Waals surface area contributed by atoms with Crippen LogP contribution in [0, 0.1) is 0 Å². The summed E-state index contributed by atoms with van der Waals surface area (Å²) in [7, 11) is 0. The smallest absolute Gasteiger partial charge is 0.269 e. The minimum Gasteiger partial charge on any atom is -0.325 e. The van der Waals surface area contributed by atoms with E-state index >= 15 is 0 Å². The van der Waals surface area contributed by atoms with Crippen molar-refractivity contribution in [2.75, 3.05) is 11.1 Å². The molecule has 0 bridgehead atoms. The Hall–Kier alpha value is -2.19. The molecule has 128 valence electrons. The molecule has 0 spiro atoms. The van der Waals surface area contributed by atoms with Gasteiger partial charge in [0.15, 0.2) is 5.16 Å². The molecule has 0 aliphatic carbocycles. The molecule has 0 radical (unpaired) electrons. The van der Waals surface area contributed by atoms with Gasteiger partial charge in [-0.2, -0.15) is 0 Å². The lowest BCUT2D eigenvalue weighted by molar-refractivity contribution is 0.102. The number of fused-ring (bicyclic) bond motifs is 1. The molecule has 1 aliphatic heterocycles. The zero-order chi connectivity index (χ0) is 17.2. The van der Waals surface area contributed by atoms with Crippen molar-refractivity contribution in [3.8, 4) is 11.3 Å². The molecule has 0 unspecified atom stereocenters. The molecule has 1 aromatic carbocycles. The van der Waals surface area contributed by atoms with Gasteiger partial charge in [0.1, 0.15) is 4.88 Å². The molecule has 0 saturated heterocycles. The van der Waals surface area contributed by atoms with Crippen LogP contribution < -0.4 is 5.32 Å². The molecule has 25 heavy (non-hydrogen) atoms. The maximum Gasteiger partial charge on any atom is 0.269 e. The number of amides is 1. The molecular formula is C17H17N5OS2. The van der Waals surface area contributed by atoms with Gasteiger partial charge in [0.05, 0.1) is 11.4 Å². The number of aromatic nitrogens is 4. The number of aryl methyl sites for hydroxylation is 2. The average Bonchev–Trinajstić information content (AvgIpc) is 3.31. The molecule has 3 aromatic rings. The number of nitrogens with one attached hydrogen (secondary N) is 1. The molecular weight excluding hydrogens is 354 g/mol. The molecule has 1 N–H and O–H groups in total. The largest absolute Gasteiger partial charge is 0.325 e. The molecule has 8 heteroatoms. The maximum atomic E-state index is 12.5. The summed E-state index contributed by atoms with van der Waals surface area (Å²) in [6.07, 6.45) is 3.77. The van der Waals surface area contributed by atoms with Gasteiger partial charge in [-0.1, -0.05) is 41.7 Å². The number of hydrogen-bond donors (Lipinski definition) is 1. The van der Waals surface area contributed by atoms with E-state index in [0.717, 1.165) is 64.5 Å². The summed E-state index contributed by atoms with van der Waals surface area (Å²) in [6, 6.07) is 7.78. The number of benzene rings is 1. The lowest BCUT2D eigenvalue weighted by Gasteiger charge is -2.06. The van der Waals surface area contributed by atoms with Crippen LogP contribution in [-0.4, -0.2) is 30.8 Å². The van der Waals surface area contributed by atoms with E-state index in [4.69, 9.17) is 0 Å². The van der Waals surface area contributed by atoms with Gasteiger partial charge >= 0.3 is 0 Å². The first kappa shape index (κ1) is 16.3. The van der Waals surface area contributed by atoms with E-state index in [2.05, 4.69) is 37.6 Å². The van der Waals surface area contributed by atoms with Crippen molar-refractivity contribution in [2.24, 2.45) is 0 Å². The Kier molecular flexibility index (Phi) is 4.54. The highest BCUT2D eigenvalue weighted by Crippen LogP contribution is 2.30. The maximum absolute atomic E-state index is 12.5. The molecule has 1 amide bonds. The number of carbonyl (C=O) groups excluding carboxylic acids is 1. The summed E-state index contributed by atoms with van der Waals surface area (Å²) in [5.74, 6) is 0.931. The Labute approximate surface area is 153 Å². The number of nitrogens with zero attached hydrogens (tertiary/aromatic N) is 4. The number of anilines is 1. The molecule has 1 aliphatic rings. The Morgan fingerprint density at radius 2 is 2.32 bits per heavy atom. The van der Waals surface area contributed by atoms with Gasteiger partial charge in [0.2, 0.25) is 0 Å². The van der Waals surface area contributed by atoms with E-state index < -0.39 is 0 Å². The first-order valence-corrected chi connectivity index (χ1v) is 9.93. The lowest BCUT2D eigenvalue weighted by Crippen LogP contribution is -2.12. The Morgan fingerprint density at radius 1 is 1.40 bits per heavy atom. The molecule has 6 nitrogen and oxygen atoms in total. The zero-order valence-electron chi connectivity index (χ0n) is 13.7. The minimum atomic E-state index is -0.154. The number of imidazole rings is 1. The second kappa shape index (κ2) is 6.97.